The fourth-order valence-corrected chi connectivity index (χ4v) is 3.32. The molecule has 0 saturated carbocycles. The number of nitrogens with zero attached hydrogens (tertiary/aromatic N) is 5. The van der Waals surface area contributed by atoms with E-state index >= 15 is 0 Å². The van der Waals surface area contributed by atoms with Gasteiger partial charge in [-0.15, -0.1) is 0 Å². The second kappa shape index (κ2) is 6.79. The van der Waals surface area contributed by atoms with Gasteiger partial charge in [-0.05, 0) is 44.9 Å². The van der Waals surface area contributed by atoms with Crippen molar-refractivity contribution in [2.75, 3.05) is 0 Å². The van der Waals surface area contributed by atoms with Crippen molar-refractivity contribution in [3.63, 3.8) is 0 Å². The Morgan fingerprint density at radius 1 is 1.26 bits per heavy atom. The van der Waals surface area contributed by atoms with Crippen LogP contribution in [0.3, 0.4) is 0 Å². The van der Waals surface area contributed by atoms with Crippen molar-refractivity contribution >= 4 is 22.7 Å². The average molecular weight is 363 g/mol. The number of amides is 1. The molecule has 4 aromatic rings. The summed E-state index contributed by atoms with van der Waals surface area (Å²) < 4.78 is 1.71. The van der Waals surface area contributed by atoms with Crippen LogP contribution < -0.4 is 5.32 Å². The summed E-state index contributed by atoms with van der Waals surface area (Å²) in [6.45, 7) is 5.84. The summed E-state index contributed by atoms with van der Waals surface area (Å²) in [4.78, 5) is 28.8. The fourth-order valence-electron chi connectivity index (χ4n) is 3.32. The number of nitrogens with one attached hydrogen (secondary N) is 2. The van der Waals surface area contributed by atoms with Gasteiger partial charge in [-0.3, -0.25) is 4.79 Å². The van der Waals surface area contributed by atoms with Crippen LogP contribution in [0, 0.1) is 13.8 Å². The van der Waals surface area contributed by atoms with Crippen molar-refractivity contribution in [3.8, 4) is 0 Å². The number of aromatic nitrogens is 6. The number of benzene rings is 1. The van der Waals surface area contributed by atoms with Crippen molar-refractivity contribution in [1.82, 2.24) is 34.9 Å². The van der Waals surface area contributed by atoms with E-state index in [9.17, 15) is 4.79 Å². The van der Waals surface area contributed by atoms with Crippen molar-refractivity contribution in [3.05, 3.63) is 53.4 Å². The van der Waals surface area contributed by atoms with Crippen molar-refractivity contribution in [2.24, 2.45) is 0 Å². The van der Waals surface area contributed by atoms with Crippen LogP contribution in [0.15, 0.2) is 30.6 Å². The van der Waals surface area contributed by atoms with E-state index in [4.69, 9.17) is 0 Å². The molecule has 1 aromatic carbocycles. The summed E-state index contributed by atoms with van der Waals surface area (Å²) >= 11 is 0. The third kappa shape index (κ3) is 3.25. The molecule has 1 amide bonds. The van der Waals surface area contributed by atoms with Gasteiger partial charge in [0.25, 0.3) is 5.78 Å². The molecule has 0 radical (unpaired) electrons. The second-order valence-corrected chi connectivity index (χ2v) is 6.66. The van der Waals surface area contributed by atoms with E-state index < -0.39 is 0 Å². The average Bonchev–Trinajstić information content (AvgIpc) is 3.27. The Hall–Kier alpha value is -3.29. The highest BCUT2D eigenvalue weighted by atomic mass is 16.1. The topological polar surface area (TPSA) is 101 Å². The highest BCUT2D eigenvalue weighted by Gasteiger charge is 2.16. The summed E-state index contributed by atoms with van der Waals surface area (Å²) in [5.41, 5.74) is 4.73. The molecule has 1 atom stereocenters. The lowest BCUT2D eigenvalue weighted by Gasteiger charge is -2.13. The Bertz CT molecular complexity index is 1090. The molecule has 0 bridgehead atoms. The van der Waals surface area contributed by atoms with Crippen molar-refractivity contribution < 1.29 is 4.79 Å². The molecule has 3 heterocycles. The summed E-state index contributed by atoms with van der Waals surface area (Å²) in [5, 5.41) is 7.20. The molecule has 8 heteroatoms. The van der Waals surface area contributed by atoms with Gasteiger partial charge < -0.3 is 10.3 Å². The third-order valence-corrected chi connectivity index (χ3v) is 4.79. The van der Waals surface area contributed by atoms with Crippen LogP contribution in [-0.2, 0) is 11.2 Å². The van der Waals surface area contributed by atoms with Gasteiger partial charge in [0, 0.05) is 17.8 Å². The number of para-hydroxylation sites is 2. The molecular weight excluding hydrogens is 342 g/mol. The van der Waals surface area contributed by atoms with Gasteiger partial charge in [0.1, 0.15) is 12.2 Å². The maximum atomic E-state index is 12.4. The van der Waals surface area contributed by atoms with E-state index in [-0.39, 0.29) is 11.9 Å². The van der Waals surface area contributed by atoms with E-state index in [2.05, 4.69) is 30.4 Å². The Morgan fingerprint density at radius 2 is 2.07 bits per heavy atom. The van der Waals surface area contributed by atoms with Gasteiger partial charge in [0.05, 0.1) is 17.1 Å². The first kappa shape index (κ1) is 17.1. The molecule has 1 unspecified atom stereocenters. The monoisotopic (exact) mass is 363 g/mol. The first-order valence-corrected chi connectivity index (χ1v) is 8.92. The first-order valence-electron chi connectivity index (χ1n) is 8.92. The van der Waals surface area contributed by atoms with Gasteiger partial charge in [-0.25, -0.2) is 14.5 Å². The number of aromatic amines is 1. The van der Waals surface area contributed by atoms with Crippen molar-refractivity contribution in [2.45, 2.75) is 39.7 Å². The normalized spacial score (nSPS) is 12.6. The van der Waals surface area contributed by atoms with Gasteiger partial charge in [0.15, 0.2) is 0 Å². The number of hydrogen-bond donors (Lipinski definition) is 2. The number of aryl methyl sites for hydroxylation is 2. The smallest absolute Gasteiger partial charge is 0.252 e. The minimum absolute atomic E-state index is 0.0274. The largest absolute Gasteiger partial charge is 0.346 e. The third-order valence-electron chi connectivity index (χ3n) is 4.79. The molecular formula is C19H21N7O. The Kier molecular flexibility index (Phi) is 4.31. The standard InChI is InChI=1S/C19H21N7O/c1-11-14(13(3)26-19(23-11)20-10-21-26)8-9-17(27)22-12(2)18-24-15-6-4-5-7-16(15)25-18/h4-7,10,12H,8-9H2,1-3H3,(H,22,27)(H,24,25). The molecule has 3 aromatic heterocycles. The van der Waals surface area contributed by atoms with E-state index in [1.54, 1.807) is 4.52 Å². The summed E-state index contributed by atoms with van der Waals surface area (Å²) in [5.74, 6) is 1.31. The SMILES string of the molecule is Cc1nc2ncnn2c(C)c1CCC(=O)NC(C)c1nc2ccccc2[nH]1. The predicted octanol–water partition coefficient (Wildman–Crippen LogP) is 2.43. The Balaban J connectivity index is 1.43. The van der Waals surface area contributed by atoms with Crippen LogP contribution in [0.25, 0.3) is 16.8 Å². The lowest BCUT2D eigenvalue weighted by molar-refractivity contribution is -0.121. The molecule has 0 fully saturated rings. The quantitative estimate of drug-likeness (QED) is 0.567. The number of carbonyl (C=O) groups is 1. The first-order chi connectivity index (χ1) is 13.0. The molecule has 8 nitrogen and oxygen atoms in total. The van der Waals surface area contributed by atoms with Crippen LogP contribution in [0.5, 0.6) is 0 Å². The van der Waals surface area contributed by atoms with E-state index in [0.29, 0.717) is 18.6 Å². The highest BCUT2D eigenvalue weighted by Crippen LogP contribution is 2.17. The van der Waals surface area contributed by atoms with Crippen LogP contribution in [0.4, 0.5) is 0 Å². The maximum Gasteiger partial charge on any atom is 0.252 e. The maximum absolute atomic E-state index is 12.4. The molecule has 0 spiro atoms. The van der Waals surface area contributed by atoms with Crippen molar-refractivity contribution in [1.29, 1.82) is 0 Å². The number of imidazole rings is 1. The van der Waals surface area contributed by atoms with E-state index in [0.717, 1.165) is 33.8 Å². The van der Waals surface area contributed by atoms with E-state index in [1.807, 2.05) is 45.0 Å². The minimum Gasteiger partial charge on any atom is -0.346 e. The van der Waals surface area contributed by atoms with Gasteiger partial charge in [-0.1, -0.05) is 12.1 Å². The zero-order valence-corrected chi connectivity index (χ0v) is 15.5. The Labute approximate surface area is 156 Å². The summed E-state index contributed by atoms with van der Waals surface area (Å²) in [7, 11) is 0. The molecule has 4 rings (SSSR count). The van der Waals surface area contributed by atoms with Crippen LogP contribution in [0.1, 0.15) is 42.2 Å². The van der Waals surface area contributed by atoms with Crippen LogP contribution >= 0.6 is 0 Å². The molecule has 0 aliphatic carbocycles. The van der Waals surface area contributed by atoms with Gasteiger partial charge in [0.2, 0.25) is 5.91 Å². The van der Waals surface area contributed by atoms with Crippen LogP contribution in [0.2, 0.25) is 0 Å². The zero-order chi connectivity index (χ0) is 19.0. The zero-order valence-electron chi connectivity index (χ0n) is 15.5. The van der Waals surface area contributed by atoms with Gasteiger partial charge >= 0.3 is 0 Å². The molecule has 138 valence electrons. The number of rotatable bonds is 5. The Morgan fingerprint density at radius 3 is 2.89 bits per heavy atom. The number of carbonyl (C=O) groups excluding carboxylic acids is 1. The molecule has 0 saturated heterocycles. The second-order valence-electron chi connectivity index (χ2n) is 6.66. The molecule has 27 heavy (non-hydrogen) atoms. The fraction of sp³-hybridized carbons (Fsp3) is 0.316. The van der Waals surface area contributed by atoms with Gasteiger partial charge in [-0.2, -0.15) is 10.1 Å². The lowest BCUT2D eigenvalue weighted by atomic mass is 10.1. The van der Waals surface area contributed by atoms with E-state index in [1.165, 1.54) is 6.33 Å². The number of hydrogen-bond acceptors (Lipinski definition) is 5. The lowest BCUT2D eigenvalue weighted by Crippen LogP contribution is -2.27. The molecule has 0 aliphatic rings. The summed E-state index contributed by atoms with van der Waals surface area (Å²) in [6.07, 6.45) is 2.45. The number of H-pyrrole nitrogens is 1. The molecule has 2 N–H and O–H groups in total. The predicted molar refractivity (Wildman–Crippen MR) is 101 cm³/mol. The minimum atomic E-state index is -0.192. The highest BCUT2D eigenvalue weighted by molar-refractivity contribution is 5.77. The number of fused-ring (bicyclic) bond motifs is 2. The molecule has 0 aliphatic heterocycles. The summed E-state index contributed by atoms with van der Waals surface area (Å²) in [6, 6.07) is 7.63. The van der Waals surface area contributed by atoms with Crippen LogP contribution in [-0.4, -0.2) is 35.5 Å².